The number of nitrogens with two attached hydrogens (primary N) is 1. The summed E-state index contributed by atoms with van der Waals surface area (Å²) in [6, 6.07) is 8.81. The average molecular weight is 189 g/mol. The zero-order chi connectivity index (χ0) is 10.2. The Bertz CT molecular complexity index is 332. The lowest BCUT2D eigenvalue weighted by molar-refractivity contribution is 0.614. The molecule has 0 heterocycles. The lowest BCUT2D eigenvalue weighted by atomic mass is 10.0. The largest absolute Gasteiger partial charge is 0.325 e. The van der Waals surface area contributed by atoms with Crippen molar-refractivity contribution in [1.82, 2.24) is 0 Å². The van der Waals surface area contributed by atoms with Crippen molar-refractivity contribution in [2.45, 2.75) is 38.6 Å². The fraction of sp³-hybridized carbons (Fsp3) is 0.538. The highest BCUT2D eigenvalue weighted by atomic mass is 14.8. The van der Waals surface area contributed by atoms with Gasteiger partial charge in [0.05, 0.1) is 0 Å². The van der Waals surface area contributed by atoms with E-state index in [1.807, 2.05) is 0 Å². The lowest BCUT2D eigenvalue weighted by Gasteiger charge is -2.10. The third-order valence-electron chi connectivity index (χ3n) is 3.44. The van der Waals surface area contributed by atoms with Crippen molar-refractivity contribution in [3.05, 3.63) is 35.4 Å². The van der Waals surface area contributed by atoms with Crippen LogP contribution in [0.25, 0.3) is 0 Å². The number of hydrogen-bond donors (Lipinski definition) is 1. The molecule has 1 aromatic rings. The highest BCUT2D eigenvalue weighted by Gasteiger charge is 2.47. The predicted octanol–water partition coefficient (Wildman–Crippen LogP) is 2.53. The highest BCUT2D eigenvalue weighted by Crippen LogP contribution is 2.42. The molecular formula is C13H19N. The van der Waals surface area contributed by atoms with E-state index in [0.717, 1.165) is 12.8 Å². The molecule has 1 aliphatic rings. The monoisotopic (exact) mass is 189 g/mol. The summed E-state index contributed by atoms with van der Waals surface area (Å²) in [5.41, 5.74) is 9.13. The summed E-state index contributed by atoms with van der Waals surface area (Å²) in [7, 11) is 0. The van der Waals surface area contributed by atoms with E-state index in [0.29, 0.717) is 5.92 Å². The van der Waals surface area contributed by atoms with E-state index < -0.39 is 0 Å². The molecular weight excluding hydrogens is 170 g/mol. The molecule has 76 valence electrons. The van der Waals surface area contributed by atoms with Crippen LogP contribution in [0, 0.1) is 5.92 Å². The second kappa shape index (κ2) is 3.39. The van der Waals surface area contributed by atoms with Gasteiger partial charge in [0.2, 0.25) is 0 Å². The highest BCUT2D eigenvalue weighted by molar-refractivity contribution is 5.27. The van der Waals surface area contributed by atoms with E-state index in [-0.39, 0.29) is 5.54 Å². The SMILES string of the molecule is CCc1cccc(CC2(N)CC2C)c1. The van der Waals surface area contributed by atoms with Crippen LogP contribution in [-0.4, -0.2) is 5.54 Å². The molecule has 1 fully saturated rings. The van der Waals surface area contributed by atoms with Crippen LogP contribution in [-0.2, 0) is 12.8 Å². The van der Waals surface area contributed by atoms with Crippen LogP contribution in [0.3, 0.4) is 0 Å². The quantitative estimate of drug-likeness (QED) is 0.777. The molecule has 0 bridgehead atoms. The minimum absolute atomic E-state index is 0.104. The number of benzene rings is 1. The van der Waals surface area contributed by atoms with Gasteiger partial charge in [0, 0.05) is 5.54 Å². The Balaban J connectivity index is 2.10. The Kier molecular flexibility index (Phi) is 2.36. The van der Waals surface area contributed by atoms with Crippen LogP contribution >= 0.6 is 0 Å². The maximum Gasteiger partial charge on any atom is 0.0224 e. The van der Waals surface area contributed by atoms with Crippen LogP contribution in [0.15, 0.2) is 24.3 Å². The van der Waals surface area contributed by atoms with Crippen molar-refractivity contribution >= 4 is 0 Å². The molecule has 1 aromatic carbocycles. The maximum atomic E-state index is 6.21. The molecule has 2 atom stereocenters. The third-order valence-corrected chi connectivity index (χ3v) is 3.44. The van der Waals surface area contributed by atoms with Crippen molar-refractivity contribution in [2.75, 3.05) is 0 Å². The van der Waals surface area contributed by atoms with Crippen molar-refractivity contribution in [2.24, 2.45) is 11.7 Å². The van der Waals surface area contributed by atoms with Crippen LogP contribution in [0.4, 0.5) is 0 Å². The van der Waals surface area contributed by atoms with Crippen LogP contribution in [0.5, 0.6) is 0 Å². The Morgan fingerprint density at radius 1 is 1.43 bits per heavy atom. The first-order valence-electron chi connectivity index (χ1n) is 5.51. The Morgan fingerprint density at radius 2 is 2.07 bits per heavy atom. The molecule has 1 heteroatoms. The summed E-state index contributed by atoms with van der Waals surface area (Å²) in [4.78, 5) is 0. The van der Waals surface area contributed by atoms with E-state index in [9.17, 15) is 0 Å². The molecule has 14 heavy (non-hydrogen) atoms. The van der Waals surface area contributed by atoms with Crippen LogP contribution < -0.4 is 5.73 Å². The van der Waals surface area contributed by atoms with E-state index in [1.165, 1.54) is 17.5 Å². The molecule has 1 aliphatic carbocycles. The topological polar surface area (TPSA) is 26.0 Å². The molecule has 0 aromatic heterocycles. The van der Waals surface area contributed by atoms with Gasteiger partial charge in [-0.1, -0.05) is 38.1 Å². The molecule has 1 saturated carbocycles. The van der Waals surface area contributed by atoms with E-state index in [1.54, 1.807) is 0 Å². The van der Waals surface area contributed by atoms with Crippen molar-refractivity contribution in [1.29, 1.82) is 0 Å². The van der Waals surface area contributed by atoms with Gasteiger partial charge in [0.25, 0.3) is 0 Å². The lowest BCUT2D eigenvalue weighted by Crippen LogP contribution is -2.27. The summed E-state index contributed by atoms with van der Waals surface area (Å²) in [5.74, 6) is 0.702. The first-order chi connectivity index (χ1) is 6.64. The Hall–Kier alpha value is -0.820. The number of rotatable bonds is 3. The summed E-state index contributed by atoms with van der Waals surface area (Å²) < 4.78 is 0. The van der Waals surface area contributed by atoms with Crippen LogP contribution in [0.1, 0.15) is 31.4 Å². The normalized spacial score (nSPS) is 30.4. The summed E-state index contributed by atoms with van der Waals surface area (Å²) in [6.45, 7) is 4.43. The van der Waals surface area contributed by atoms with Gasteiger partial charge in [-0.3, -0.25) is 0 Å². The minimum Gasteiger partial charge on any atom is -0.325 e. The summed E-state index contributed by atoms with van der Waals surface area (Å²) in [5, 5.41) is 0. The molecule has 1 nitrogen and oxygen atoms in total. The molecule has 2 N–H and O–H groups in total. The molecule has 0 saturated heterocycles. The van der Waals surface area contributed by atoms with Crippen molar-refractivity contribution in [3.8, 4) is 0 Å². The van der Waals surface area contributed by atoms with Gasteiger partial charge >= 0.3 is 0 Å². The van der Waals surface area contributed by atoms with Gasteiger partial charge < -0.3 is 5.73 Å². The van der Waals surface area contributed by atoms with Gasteiger partial charge in [-0.2, -0.15) is 0 Å². The predicted molar refractivity (Wildman–Crippen MR) is 60.2 cm³/mol. The average Bonchev–Trinajstić information content (AvgIpc) is 2.74. The summed E-state index contributed by atoms with van der Waals surface area (Å²) >= 11 is 0. The first-order valence-corrected chi connectivity index (χ1v) is 5.51. The standard InChI is InChI=1S/C13H19N/c1-3-11-5-4-6-12(7-11)9-13(14)8-10(13)2/h4-7,10H,3,8-9,14H2,1-2H3. The van der Waals surface area contributed by atoms with E-state index in [4.69, 9.17) is 5.73 Å². The van der Waals surface area contributed by atoms with E-state index >= 15 is 0 Å². The molecule has 0 amide bonds. The minimum atomic E-state index is 0.104. The van der Waals surface area contributed by atoms with Gasteiger partial charge in [0.15, 0.2) is 0 Å². The summed E-state index contributed by atoms with van der Waals surface area (Å²) in [6.07, 6.45) is 3.34. The molecule has 0 radical (unpaired) electrons. The second-order valence-corrected chi connectivity index (χ2v) is 4.69. The van der Waals surface area contributed by atoms with Gasteiger partial charge in [-0.25, -0.2) is 0 Å². The van der Waals surface area contributed by atoms with E-state index in [2.05, 4.69) is 38.1 Å². The third kappa shape index (κ3) is 1.83. The van der Waals surface area contributed by atoms with Crippen LogP contribution in [0.2, 0.25) is 0 Å². The van der Waals surface area contributed by atoms with Crippen molar-refractivity contribution < 1.29 is 0 Å². The zero-order valence-corrected chi connectivity index (χ0v) is 9.09. The fourth-order valence-electron chi connectivity index (χ4n) is 2.10. The maximum absolute atomic E-state index is 6.21. The van der Waals surface area contributed by atoms with Gasteiger partial charge in [0.1, 0.15) is 0 Å². The van der Waals surface area contributed by atoms with Crippen molar-refractivity contribution in [3.63, 3.8) is 0 Å². The first kappa shape index (κ1) is 9.72. The smallest absolute Gasteiger partial charge is 0.0224 e. The number of aryl methyl sites for hydroxylation is 1. The molecule has 0 aliphatic heterocycles. The fourth-order valence-corrected chi connectivity index (χ4v) is 2.10. The Labute approximate surface area is 86.3 Å². The van der Waals surface area contributed by atoms with Gasteiger partial charge in [-0.15, -0.1) is 0 Å². The van der Waals surface area contributed by atoms with Gasteiger partial charge in [-0.05, 0) is 36.3 Å². The molecule has 2 unspecified atom stereocenters. The zero-order valence-electron chi connectivity index (χ0n) is 9.09. The second-order valence-electron chi connectivity index (χ2n) is 4.69. The molecule has 0 spiro atoms. The molecule has 2 rings (SSSR count). The Morgan fingerprint density at radius 3 is 2.64 bits per heavy atom. The number of hydrogen-bond acceptors (Lipinski definition) is 1.